The van der Waals surface area contributed by atoms with Crippen LogP contribution in [-0.4, -0.2) is 13.2 Å². The second-order valence-electron chi connectivity index (χ2n) is 9.00. The van der Waals surface area contributed by atoms with Gasteiger partial charge in [-0.1, -0.05) is 62.8 Å². The molecule has 29 heavy (non-hydrogen) atoms. The predicted octanol–water partition coefficient (Wildman–Crippen LogP) is 7.50. The molecule has 1 aromatic heterocycles. The van der Waals surface area contributed by atoms with E-state index in [4.69, 9.17) is 13.9 Å². The summed E-state index contributed by atoms with van der Waals surface area (Å²) in [6.07, 6.45) is 13.2. The first-order chi connectivity index (χ1) is 14.4. The number of rotatable bonds is 6. The van der Waals surface area contributed by atoms with E-state index in [1.807, 2.05) is 12.1 Å². The van der Waals surface area contributed by atoms with Gasteiger partial charge in [-0.05, 0) is 49.7 Å². The summed E-state index contributed by atoms with van der Waals surface area (Å²) in [4.78, 5) is 0. The fraction of sp³-hybridized carbons (Fsp3) is 0.538. The van der Waals surface area contributed by atoms with E-state index in [1.165, 1.54) is 64.2 Å². The number of hydrogen-bond donors (Lipinski definition) is 0. The lowest BCUT2D eigenvalue weighted by Gasteiger charge is -2.21. The standard InChI is InChI=1S/C26H32O3/c1-3-9-19(10-4-1)17-27-23-15-7-13-21-22-14-8-16-24(26(22)29-25(21)23)28-18-20-11-5-2-6-12-20/h7-8,13-16,19-20H,1-6,9-12,17-18H2. The van der Waals surface area contributed by atoms with Gasteiger partial charge in [-0.3, -0.25) is 0 Å². The van der Waals surface area contributed by atoms with Crippen molar-refractivity contribution >= 4 is 21.9 Å². The Bertz CT molecular complexity index is 869. The van der Waals surface area contributed by atoms with Crippen LogP contribution in [0.25, 0.3) is 21.9 Å². The molecule has 2 aromatic carbocycles. The van der Waals surface area contributed by atoms with Gasteiger partial charge in [-0.15, -0.1) is 0 Å². The quantitative estimate of drug-likeness (QED) is 0.435. The van der Waals surface area contributed by atoms with Gasteiger partial charge in [-0.25, -0.2) is 0 Å². The minimum Gasteiger partial charge on any atom is -0.489 e. The molecule has 0 saturated heterocycles. The van der Waals surface area contributed by atoms with Gasteiger partial charge in [-0.2, -0.15) is 0 Å². The number of furan rings is 1. The van der Waals surface area contributed by atoms with E-state index in [0.29, 0.717) is 11.8 Å². The van der Waals surface area contributed by atoms with Gasteiger partial charge >= 0.3 is 0 Å². The van der Waals surface area contributed by atoms with Crippen molar-refractivity contribution in [2.75, 3.05) is 13.2 Å². The molecule has 2 aliphatic rings. The molecule has 0 radical (unpaired) electrons. The average molecular weight is 393 g/mol. The summed E-state index contributed by atoms with van der Waals surface area (Å²) in [5.41, 5.74) is 1.71. The van der Waals surface area contributed by atoms with Gasteiger partial charge < -0.3 is 13.9 Å². The highest BCUT2D eigenvalue weighted by Crippen LogP contribution is 2.39. The first-order valence-corrected chi connectivity index (χ1v) is 11.6. The van der Waals surface area contributed by atoms with Crippen LogP contribution < -0.4 is 9.47 Å². The molecule has 2 saturated carbocycles. The Balaban J connectivity index is 1.38. The molecule has 3 nitrogen and oxygen atoms in total. The van der Waals surface area contributed by atoms with Crippen LogP contribution in [0.5, 0.6) is 11.5 Å². The third-order valence-corrected chi connectivity index (χ3v) is 6.85. The van der Waals surface area contributed by atoms with Crippen molar-refractivity contribution in [1.82, 2.24) is 0 Å². The van der Waals surface area contributed by atoms with Crippen molar-refractivity contribution in [2.45, 2.75) is 64.2 Å². The highest BCUT2D eigenvalue weighted by Gasteiger charge is 2.19. The lowest BCUT2D eigenvalue weighted by atomic mass is 9.90. The first kappa shape index (κ1) is 18.8. The van der Waals surface area contributed by atoms with E-state index in [-0.39, 0.29) is 0 Å². The van der Waals surface area contributed by atoms with Crippen LogP contribution in [-0.2, 0) is 0 Å². The molecule has 0 unspecified atom stereocenters. The number of benzene rings is 2. The lowest BCUT2D eigenvalue weighted by Crippen LogP contribution is -2.15. The zero-order chi connectivity index (χ0) is 19.5. The van der Waals surface area contributed by atoms with Crippen LogP contribution >= 0.6 is 0 Å². The van der Waals surface area contributed by atoms with E-state index >= 15 is 0 Å². The van der Waals surface area contributed by atoms with E-state index in [2.05, 4.69) is 24.3 Å². The molecule has 2 fully saturated rings. The van der Waals surface area contributed by atoms with Gasteiger partial charge in [0.05, 0.1) is 13.2 Å². The van der Waals surface area contributed by atoms with E-state index < -0.39 is 0 Å². The summed E-state index contributed by atoms with van der Waals surface area (Å²) >= 11 is 0. The summed E-state index contributed by atoms with van der Waals surface area (Å²) in [6, 6.07) is 12.5. The molecule has 3 aromatic rings. The molecule has 0 atom stereocenters. The molecule has 0 bridgehead atoms. The predicted molar refractivity (Wildman–Crippen MR) is 118 cm³/mol. The zero-order valence-electron chi connectivity index (χ0n) is 17.3. The molecule has 5 rings (SSSR count). The van der Waals surface area contributed by atoms with Gasteiger partial charge in [0.25, 0.3) is 0 Å². The Labute approximate surface area is 173 Å². The van der Waals surface area contributed by atoms with Crippen LogP contribution in [0.3, 0.4) is 0 Å². The van der Waals surface area contributed by atoms with Crippen molar-refractivity contribution in [3.05, 3.63) is 36.4 Å². The smallest absolute Gasteiger partial charge is 0.177 e. The Kier molecular flexibility index (Phi) is 5.64. The molecular formula is C26H32O3. The molecule has 0 amide bonds. The molecular weight excluding hydrogens is 360 g/mol. The van der Waals surface area contributed by atoms with Crippen molar-refractivity contribution in [3.8, 4) is 11.5 Å². The van der Waals surface area contributed by atoms with Crippen LogP contribution in [0.15, 0.2) is 40.8 Å². The monoisotopic (exact) mass is 392 g/mol. The fourth-order valence-electron chi connectivity index (χ4n) is 5.12. The van der Waals surface area contributed by atoms with E-state index in [9.17, 15) is 0 Å². The van der Waals surface area contributed by atoms with Crippen LogP contribution in [0.4, 0.5) is 0 Å². The molecule has 0 aliphatic heterocycles. The SMILES string of the molecule is c1cc(OCC2CCCCC2)c2oc3c(OCC4CCCCC4)cccc3c2c1. The highest BCUT2D eigenvalue weighted by molar-refractivity contribution is 6.08. The Morgan fingerprint density at radius 3 is 1.52 bits per heavy atom. The van der Waals surface area contributed by atoms with Gasteiger partial charge in [0, 0.05) is 10.8 Å². The summed E-state index contributed by atoms with van der Waals surface area (Å²) in [7, 11) is 0. The Hall–Kier alpha value is -2.16. The third-order valence-electron chi connectivity index (χ3n) is 6.85. The number of fused-ring (bicyclic) bond motifs is 3. The van der Waals surface area contributed by atoms with E-state index in [1.54, 1.807) is 0 Å². The Morgan fingerprint density at radius 2 is 1.07 bits per heavy atom. The summed E-state index contributed by atoms with van der Waals surface area (Å²) in [6.45, 7) is 1.59. The van der Waals surface area contributed by atoms with Crippen molar-refractivity contribution in [3.63, 3.8) is 0 Å². The molecule has 0 N–H and O–H groups in total. The van der Waals surface area contributed by atoms with Crippen molar-refractivity contribution in [1.29, 1.82) is 0 Å². The highest BCUT2D eigenvalue weighted by atomic mass is 16.5. The number of ether oxygens (including phenoxy) is 2. The second kappa shape index (κ2) is 8.69. The van der Waals surface area contributed by atoms with Gasteiger partial charge in [0.2, 0.25) is 0 Å². The van der Waals surface area contributed by atoms with Crippen LogP contribution in [0.2, 0.25) is 0 Å². The summed E-state index contributed by atoms with van der Waals surface area (Å²) in [5.74, 6) is 3.08. The maximum Gasteiger partial charge on any atom is 0.177 e. The van der Waals surface area contributed by atoms with Crippen molar-refractivity contribution < 1.29 is 13.9 Å². The maximum atomic E-state index is 6.34. The van der Waals surface area contributed by atoms with Gasteiger partial charge in [0.1, 0.15) is 0 Å². The van der Waals surface area contributed by atoms with E-state index in [0.717, 1.165) is 46.7 Å². The summed E-state index contributed by atoms with van der Waals surface area (Å²) < 4.78 is 18.8. The fourth-order valence-corrected chi connectivity index (χ4v) is 5.12. The summed E-state index contributed by atoms with van der Waals surface area (Å²) in [5, 5.41) is 2.23. The first-order valence-electron chi connectivity index (χ1n) is 11.6. The Morgan fingerprint density at radius 1 is 0.621 bits per heavy atom. The molecule has 1 heterocycles. The average Bonchev–Trinajstić information content (AvgIpc) is 3.18. The third kappa shape index (κ3) is 4.10. The normalized spacial score (nSPS) is 19.0. The molecule has 154 valence electrons. The number of hydrogen-bond acceptors (Lipinski definition) is 3. The van der Waals surface area contributed by atoms with Crippen LogP contribution in [0, 0.1) is 11.8 Å². The zero-order valence-corrected chi connectivity index (χ0v) is 17.3. The van der Waals surface area contributed by atoms with Crippen molar-refractivity contribution in [2.24, 2.45) is 11.8 Å². The topological polar surface area (TPSA) is 31.6 Å². The minimum absolute atomic E-state index is 0.678. The molecule has 0 spiro atoms. The van der Waals surface area contributed by atoms with Crippen LogP contribution in [0.1, 0.15) is 64.2 Å². The van der Waals surface area contributed by atoms with Gasteiger partial charge in [0.15, 0.2) is 22.7 Å². The lowest BCUT2D eigenvalue weighted by molar-refractivity contribution is 0.207. The largest absolute Gasteiger partial charge is 0.489 e. The molecule has 2 aliphatic carbocycles. The number of para-hydroxylation sites is 2. The minimum atomic E-state index is 0.678. The maximum absolute atomic E-state index is 6.34. The second-order valence-corrected chi connectivity index (χ2v) is 9.00. The molecule has 3 heteroatoms.